The van der Waals surface area contributed by atoms with Gasteiger partial charge in [-0.05, 0) is 56.2 Å². The number of nitrogens with two attached hydrogens (primary N) is 1. The van der Waals surface area contributed by atoms with Crippen molar-refractivity contribution in [2.45, 2.75) is 57.0 Å². The number of rotatable bonds is 6. The Morgan fingerprint density at radius 2 is 2.08 bits per heavy atom. The first-order chi connectivity index (χ1) is 18.4. The first kappa shape index (κ1) is 26.9. The lowest BCUT2D eigenvalue weighted by atomic mass is 9.70. The summed E-state index contributed by atoms with van der Waals surface area (Å²) in [6.07, 6.45) is 0.635. The predicted molar refractivity (Wildman–Crippen MR) is 137 cm³/mol. The van der Waals surface area contributed by atoms with Crippen molar-refractivity contribution in [3.63, 3.8) is 0 Å². The Morgan fingerprint density at radius 3 is 2.72 bits per heavy atom. The Bertz CT molecular complexity index is 1430. The number of aryl methyl sites for hydroxylation is 1. The zero-order chi connectivity index (χ0) is 27.9. The second kappa shape index (κ2) is 10.2. The zero-order valence-corrected chi connectivity index (χ0v) is 21.6. The van der Waals surface area contributed by atoms with E-state index in [0.29, 0.717) is 25.0 Å². The molecule has 3 unspecified atom stereocenters. The number of aromatic nitrogens is 4. The van der Waals surface area contributed by atoms with E-state index in [9.17, 15) is 23.1 Å². The lowest BCUT2D eigenvalue weighted by molar-refractivity contribution is -0.198. The molecule has 4 N–H and O–H groups in total. The van der Waals surface area contributed by atoms with Crippen LogP contribution in [-0.4, -0.2) is 43.0 Å². The van der Waals surface area contributed by atoms with E-state index in [2.05, 4.69) is 20.4 Å². The molecule has 9 nitrogen and oxygen atoms in total. The number of hydrogen-bond acceptors (Lipinski definition) is 7. The van der Waals surface area contributed by atoms with Gasteiger partial charge in [0.2, 0.25) is 17.9 Å². The first-order valence-corrected chi connectivity index (χ1v) is 12.7. The highest BCUT2D eigenvalue weighted by Crippen LogP contribution is 2.52. The third kappa shape index (κ3) is 5.44. The molecule has 5 rings (SSSR count). The van der Waals surface area contributed by atoms with E-state index in [1.165, 1.54) is 35.1 Å². The van der Waals surface area contributed by atoms with Crippen LogP contribution in [0.5, 0.6) is 5.88 Å². The number of nitrogen functional groups attached to an aromatic ring is 1. The van der Waals surface area contributed by atoms with Crippen LogP contribution in [0, 0.1) is 12.3 Å². The number of allylic oxidation sites excluding steroid dienone is 2. The number of ether oxygens (including phenoxy) is 1. The highest BCUT2D eigenvalue weighted by molar-refractivity contribution is 6.30. The van der Waals surface area contributed by atoms with Gasteiger partial charge < -0.3 is 15.6 Å². The molecular weight excluding hydrogens is 537 g/mol. The number of nitrogens with one attached hydrogen (secondary N) is 1. The standard InChI is InChI=1S/C26H26ClF3N6O3/c1-14-7-10-36(35-14)19-11-15(27)5-6-16(19)22(26(28,29)30)39-20-12-17(33-24(31)34-20)21-25(8-3-2-4-9-25)13-18(32-21)23(37)38/h2-3,5-7,10-12,18,21-22,32H,4,8-9,13H2,1H3,(H,37,38)(H2,31,33,34)/t18?,21?,22-,25?/m1/s1. The molecule has 39 heavy (non-hydrogen) atoms. The number of carbonyl (C=O) groups is 1. The van der Waals surface area contributed by atoms with Crippen LogP contribution in [0.3, 0.4) is 0 Å². The monoisotopic (exact) mass is 562 g/mol. The molecule has 0 radical (unpaired) electrons. The minimum Gasteiger partial charge on any atom is -0.480 e. The molecule has 1 aromatic carbocycles. The fourth-order valence-electron chi connectivity index (χ4n) is 5.46. The lowest BCUT2D eigenvalue weighted by Crippen LogP contribution is -2.34. The van der Waals surface area contributed by atoms with Crippen LogP contribution in [0.1, 0.15) is 54.8 Å². The fourth-order valence-corrected chi connectivity index (χ4v) is 5.62. The van der Waals surface area contributed by atoms with Crippen molar-refractivity contribution in [3.8, 4) is 11.6 Å². The van der Waals surface area contributed by atoms with Crippen LogP contribution in [0.4, 0.5) is 19.1 Å². The van der Waals surface area contributed by atoms with Crippen LogP contribution in [0.25, 0.3) is 5.69 Å². The van der Waals surface area contributed by atoms with Gasteiger partial charge in [0.1, 0.15) is 6.04 Å². The molecule has 206 valence electrons. The largest absolute Gasteiger partial charge is 0.480 e. The number of halogens is 4. The smallest absolute Gasteiger partial charge is 0.429 e. The highest BCUT2D eigenvalue weighted by atomic mass is 35.5. The van der Waals surface area contributed by atoms with Crippen molar-refractivity contribution in [2.75, 3.05) is 5.73 Å². The molecule has 3 heterocycles. The van der Waals surface area contributed by atoms with E-state index in [1.54, 1.807) is 13.0 Å². The van der Waals surface area contributed by atoms with E-state index >= 15 is 0 Å². The summed E-state index contributed by atoms with van der Waals surface area (Å²) >= 11 is 6.12. The van der Waals surface area contributed by atoms with Gasteiger partial charge >= 0.3 is 12.1 Å². The summed E-state index contributed by atoms with van der Waals surface area (Å²) in [6, 6.07) is 5.49. The summed E-state index contributed by atoms with van der Waals surface area (Å²) in [5, 5.41) is 17.2. The molecule has 1 aliphatic carbocycles. The molecule has 4 atom stereocenters. The van der Waals surface area contributed by atoms with Crippen LogP contribution >= 0.6 is 11.6 Å². The quantitative estimate of drug-likeness (QED) is 0.354. The molecule has 3 aromatic rings. The van der Waals surface area contributed by atoms with Crippen molar-refractivity contribution in [2.24, 2.45) is 5.41 Å². The lowest BCUT2D eigenvalue weighted by Gasteiger charge is -2.36. The van der Waals surface area contributed by atoms with Crippen molar-refractivity contribution >= 4 is 23.5 Å². The maximum Gasteiger partial charge on any atom is 0.429 e. The number of anilines is 1. The summed E-state index contributed by atoms with van der Waals surface area (Å²) in [5.74, 6) is -1.69. The van der Waals surface area contributed by atoms with Crippen LogP contribution in [0.2, 0.25) is 5.02 Å². The molecule has 0 bridgehead atoms. The number of carboxylic acids is 1. The third-order valence-corrected chi connectivity index (χ3v) is 7.44. The molecule has 0 amide bonds. The Hall–Kier alpha value is -3.64. The molecule has 1 saturated heterocycles. The number of aliphatic carboxylic acids is 1. The van der Waals surface area contributed by atoms with E-state index in [0.717, 1.165) is 6.42 Å². The predicted octanol–water partition coefficient (Wildman–Crippen LogP) is 5.10. The van der Waals surface area contributed by atoms with Gasteiger partial charge in [-0.15, -0.1) is 0 Å². The van der Waals surface area contributed by atoms with Crippen molar-refractivity contribution in [3.05, 3.63) is 70.7 Å². The summed E-state index contributed by atoms with van der Waals surface area (Å²) in [6.45, 7) is 1.71. The number of hydrogen-bond donors (Lipinski definition) is 3. The van der Waals surface area contributed by atoms with Crippen LogP contribution < -0.4 is 15.8 Å². The number of nitrogens with zero attached hydrogens (tertiary/aromatic N) is 4. The van der Waals surface area contributed by atoms with Crippen LogP contribution in [0.15, 0.2) is 48.7 Å². The van der Waals surface area contributed by atoms with Gasteiger partial charge in [-0.3, -0.25) is 10.1 Å². The molecule has 1 fully saturated rings. The van der Waals surface area contributed by atoms with Crippen LogP contribution in [-0.2, 0) is 4.79 Å². The third-order valence-electron chi connectivity index (χ3n) is 7.20. The van der Waals surface area contributed by atoms with Gasteiger partial charge in [-0.2, -0.15) is 23.3 Å². The molecule has 1 spiro atoms. The van der Waals surface area contributed by atoms with Crippen molar-refractivity contribution in [1.29, 1.82) is 0 Å². The molecule has 13 heteroatoms. The fraction of sp³-hybridized carbons (Fsp3) is 0.385. The Labute approximate surface area is 226 Å². The number of benzene rings is 1. The molecule has 1 aliphatic heterocycles. The van der Waals surface area contributed by atoms with Gasteiger partial charge in [0, 0.05) is 22.8 Å². The maximum atomic E-state index is 14.5. The Morgan fingerprint density at radius 1 is 1.28 bits per heavy atom. The van der Waals surface area contributed by atoms with Crippen molar-refractivity contribution < 1.29 is 27.8 Å². The zero-order valence-electron chi connectivity index (χ0n) is 20.8. The average Bonchev–Trinajstić information content (AvgIpc) is 3.46. The van der Waals surface area contributed by atoms with E-state index in [1.807, 2.05) is 12.2 Å². The van der Waals surface area contributed by atoms with Gasteiger partial charge in [-0.25, -0.2) is 9.67 Å². The van der Waals surface area contributed by atoms with Gasteiger partial charge in [0.25, 0.3) is 0 Å². The second-order valence-corrected chi connectivity index (χ2v) is 10.3. The number of carboxylic acid groups (broad SMARTS) is 1. The summed E-state index contributed by atoms with van der Waals surface area (Å²) in [5.41, 5.74) is 6.19. The summed E-state index contributed by atoms with van der Waals surface area (Å²) in [7, 11) is 0. The van der Waals surface area contributed by atoms with E-state index in [-0.39, 0.29) is 33.8 Å². The molecule has 2 aliphatic rings. The SMILES string of the molecule is Cc1ccn(-c2cc(Cl)ccc2[C@@H](Oc2cc(C3NC(C(=O)O)CC34CC=CCC4)nc(N)n2)C(F)(F)F)n1. The minimum atomic E-state index is -4.85. The maximum absolute atomic E-state index is 14.5. The summed E-state index contributed by atoms with van der Waals surface area (Å²) < 4.78 is 50.2. The normalized spacial score (nSPS) is 23.7. The number of alkyl halides is 3. The summed E-state index contributed by atoms with van der Waals surface area (Å²) in [4.78, 5) is 20.0. The second-order valence-electron chi connectivity index (χ2n) is 9.90. The van der Waals surface area contributed by atoms with Crippen molar-refractivity contribution in [1.82, 2.24) is 25.1 Å². The Balaban J connectivity index is 1.54. The topological polar surface area (TPSA) is 128 Å². The molecule has 2 aromatic heterocycles. The first-order valence-electron chi connectivity index (χ1n) is 12.3. The highest BCUT2D eigenvalue weighted by Gasteiger charge is 2.50. The van der Waals surface area contributed by atoms with E-state index < -0.39 is 35.7 Å². The van der Waals surface area contributed by atoms with Gasteiger partial charge in [0.05, 0.1) is 23.1 Å². The average molecular weight is 563 g/mol. The molecular formula is C26H26ClF3N6O3. The van der Waals surface area contributed by atoms with Gasteiger partial charge in [0.15, 0.2) is 0 Å². The molecule has 0 saturated carbocycles. The van der Waals surface area contributed by atoms with Gasteiger partial charge in [-0.1, -0.05) is 29.8 Å². The Kier molecular flexibility index (Phi) is 7.02. The minimum absolute atomic E-state index is 0.0925. The van der Waals surface area contributed by atoms with E-state index in [4.69, 9.17) is 22.1 Å².